The van der Waals surface area contributed by atoms with E-state index in [4.69, 9.17) is 0 Å². The Balaban J connectivity index is 2.46. The molecule has 1 saturated heterocycles. The van der Waals surface area contributed by atoms with Crippen LogP contribution >= 0.6 is 0 Å². The standard InChI is InChI=1S/C11H17NOS/c1-10(2)4-5-11(3)12-6-8-14(13)9-7-12/h4-5H,1,3,6-9H2,2H3/b5-4-. The number of nitrogens with zero attached hydrogens (tertiary/aromatic N) is 1. The van der Waals surface area contributed by atoms with E-state index in [2.05, 4.69) is 18.1 Å². The molecule has 2 nitrogen and oxygen atoms in total. The Morgan fingerprint density at radius 2 is 1.86 bits per heavy atom. The topological polar surface area (TPSA) is 20.3 Å². The smallest absolute Gasteiger partial charge is 0.0411 e. The van der Waals surface area contributed by atoms with Gasteiger partial charge in [-0.1, -0.05) is 24.8 Å². The summed E-state index contributed by atoms with van der Waals surface area (Å²) in [5.74, 6) is 1.53. The van der Waals surface area contributed by atoms with Crippen LogP contribution in [0, 0.1) is 0 Å². The Hall–Kier alpha value is -0.830. The molecule has 0 N–H and O–H groups in total. The van der Waals surface area contributed by atoms with Gasteiger partial charge in [0.15, 0.2) is 0 Å². The Morgan fingerprint density at radius 3 is 2.36 bits per heavy atom. The molecule has 78 valence electrons. The van der Waals surface area contributed by atoms with Crippen molar-refractivity contribution >= 4 is 10.8 Å². The molecule has 1 aliphatic heterocycles. The molecule has 0 aliphatic carbocycles. The van der Waals surface area contributed by atoms with E-state index in [-0.39, 0.29) is 0 Å². The first-order valence-electron chi connectivity index (χ1n) is 4.72. The zero-order valence-electron chi connectivity index (χ0n) is 8.66. The molecule has 0 radical (unpaired) electrons. The lowest BCUT2D eigenvalue weighted by atomic mass is 10.2. The predicted octanol–water partition coefficient (Wildman–Crippen LogP) is 1.70. The van der Waals surface area contributed by atoms with E-state index in [1.165, 1.54) is 0 Å². The van der Waals surface area contributed by atoms with Gasteiger partial charge in [-0.05, 0) is 13.0 Å². The van der Waals surface area contributed by atoms with E-state index < -0.39 is 10.8 Å². The quantitative estimate of drug-likeness (QED) is 0.662. The van der Waals surface area contributed by atoms with E-state index in [9.17, 15) is 4.21 Å². The van der Waals surface area contributed by atoms with Crippen LogP contribution in [0.15, 0.2) is 36.6 Å². The molecule has 0 aromatic heterocycles. The van der Waals surface area contributed by atoms with Crippen LogP contribution in [-0.4, -0.2) is 33.7 Å². The van der Waals surface area contributed by atoms with Crippen LogP contribution in [0.25, 0.3) is 0 Å². The van der Waals surface area contributed by atoms with Gasteiger partial charge in [-0.15, -0.1) is 0 Å². The zero-order valence-corrected chi connectivity index (χ0v) is 9.48. The van der Waals surface area contributed by atoms with Gasteiger partial charge >= 0.3 is 0 Å². The maximum Gasteiger partial charge on any atom is 0.0411 e. The summed E-state index contributed by atoms with van der Waals surface area (Å²) in [6.07, 6.45) is 3.92. The third-order valence-corrected chi connectivity index (χ3v) is 3.42. The van der Waals surface area contributed by atoms with Gasteiger partial charge in [-0.25, -0.2) is 0 Å². The third-order valence-electron chi connectivity index (χ3n) is 2.14. The van der Waals surface area contributed by atoms with E-state index in [1.807, 2.05) is 19.1 Å². The Kier molecular flexibility index (Phi) is 4.14. The lowest BCUT2D eigenvalue weighted by Gasteiger charge is -2.28. The summed E-state index contributed by atoms with van der Waals surface area (Å²) in [5, 5.41) is 0. The molecule has 0 atom stereocenters. The first-order chi connectivity index (χ1) is 6.59. The van der Waals surface area contributed by atoms with E-state index in [0.29, 0.717) is 0 Å². The maximum atomic E-state index is 11.1. The van der Waals surface area contributed by atoms with Crippen molar-refractivity contribution in [1.82, 2.24) is 4.90 Å². The highest BCUT2D eigenvalue weighted by atomic mass is 32.2. The molecule has 0 unspecified atom stereocenters. The third kappa shape index (κ3) is 3.50. The molecule has 1 aliphatic rings. The molecular weight excluding hydrogens is 194 g/mol. The van der Waals surface area contributed by atoms with Gasteiger partial charge < -0.3 is 4.90 Å². The summed E-state index contributed by atoms with van der Waals surface area (Å²) in [6, 6.07) is 0. The Bertz CT molecular complexity index is 284. The van der Waals surface area contributed by atoms with Crippen LogP contribution in [0.1, 0.15) is 6.92 Å². The Morgan fingerprint density at radius 1 is 1.29 bits per heavy atom. The lowest BCUT2D eigenvalue weighted by molar-refractivity contribution is 0.389. The van der Waals surface area contributed by atoms with Gasteiger partial charge in [0, 0.05) is 41.1 Å². The summed E-state index contributed by atoms with van der Waals surface area (Å²) in [6.45, 7) is 11.4. The highest BCUT2D eigenvalue weighted by Gasteiger charge is 2.14. The van der Waals surface area contributed by atoms with Crippen molar-refractivity contribution in [3.05, 3.63) is 36.6 Å². The molecule has 1 fully saturated rings. The molecule has 3 heteroatoms. The number of hydrogen-bond acceptors (Lipinski definition) is 2. The van der Waals surface area contributed by atoms with Crippen molar-refractivity contribution in [3.8, 4) is 0 Å². The SMILES string of the molecule is C=C(C)/C=C\C(=C)N1CCS(=O)CC1. The number of rotatable bonds is 3. The fourth-order valence-electron chi connectivity index (χ4n) is 1.27. The zero-order chi connectivity index (χ0) is 10.6. The second kappa shape index (κ2) is 5.15. The average molecular weight is 211 g/mol. The summed E-state index contributed by atoms with van der Waals surface area (Å²) in [7, 11) is -0.615. The van der Waals surface area contributed by atoms with Crippen LogP contribution in [0.4, 0.5) is 0 Å². The second-order valence-corrected chi connectivity index (χ2v) is 5.20. The lowest BCUT2D eigenvalue weighted by Crippen LogP contribution is -2.36. The average Bonchev–Trinajstić information content (AvgIpc) is 2.15. The molecule has 14 heavy (non-hydrogen) atoms. The fraction of sp³-hybridized carbons (Fsp3) is 0.455. The minimum Gasteiger partial charge on any atom is -0.370 e. The van der Waals surface area contributed by atoms with Crippen LogP contribution in [0.3, 0.4) is 0 Å². The molecule has 0 bridgehead atoms. The van der Waals surface area contributed by atoms with Crippen molar-refractivity contribution in [3.63, 3.8) is 0 Å². The van der Waals surface area contributed by atoms with Crippen LogP contribution in [0.2, 0.25) is 0 Å². The van der Waals surface area contributed by atoms with Crippen LogP contribution in [0.5, 0.6) is 0 Å². The van der Waals surface area contributed by atoms with E-state index >= 15 is 0 Å². The second-order valence-electron chi connectivity index (χ2n) is 3.51. The fourth-order valence-corrected chi connectivity index (χ4v) is 2.32. The highest BCUT2D eigenvalue weighted by Crippen LogP contribution is 2.09. The molecular formula is C11H17NOS. The van der Waals surface area contributed by atoms with Gasteiger partial charge in [-0.2, -0.15) is 0 Å². The van der Waals surface area contributed by atoms with Crippen molar-refractivity contribution in [2.45, 2.75) is 6.92 Å². The molecule has 0 aromatic rings. The first-order valence-corrected chi connectivity index (χ1v) is 6.21. The monoisotopic (exact) mass is 211 g/mol. The van der Waals surface area contributed by atoms with Gasteiger partial charge in [0.2, 0.25) is 0 Å². The van der Waals surface area contributed by atoms with Crippen molar-refractivity contribution in [2.24, 2.45) is 0 Å². The minimum absolute atomic E-state index is 0.615. The number of hydrogen-bond donors (Lipinski definition) is 0. The summed E-state index contributed by atoms with van der Waals surface area (Å²) < 4.78 is 11.1. The van der Waals surface area contributed by atoms with Gasteiger partial charge in [0.1, 0.15) is 0 Å². The molecule has 1 heterocycles. The van der Waals surface area contributed by atoms with Crippen molar-refractivity contribution in [1.29, 1.82) is 0 Å². The van der Waals surface area contributed by atoms with Gasteiger partial charge in [0.05, 0.1) is 0 Å². The largest absolute Gasteiger partial charge is 0.370 e. The first kappa shape index (κ1) is 11.2. The molecule has 0 aromatic carbocycles. The molecule has 0 saturated carbocycles. The van der Waals surface area contributed by atoms with Gasteiger partial charge in [0.25, 0.3) is 0 Å². The minimum atomic E-state index is -0.615. The highest BCUT2D eigenvalue weighted by molar-refractivity contribution is 7.85. The summed E-state index contributed by atoms with van der Waals surface area (Å²) >= 11 is 0. The molecule has 0 amide bonds. The number of allylic oxidation sites excluding steroid dienone is 3. The maximum absolute atomic E-state index is 11.1. The molecule has 0 spiro atoms. The van der Waals surface area contributed by atoms with E-state index in [0.717, 1.165) is 35.9 Å². The van der Waals surface area contributed by atoms with Crippen LogP contribution < -0.4 is 0 Å². The van der Waals surface area contributed by atoms with E-state index in [1.54, 1.807) is 0 Å². The van der Waals surface area contributed by atoms with Crippen LogP contribution in [-0.2, 0) is 10.8 Å². The van der Waals surface area contributed by atoms with Crippen molar-refractivity contribution in [2.75, 3.05) is 24.6 Å². The molecule has 1 rings (SSSR count). The predicted molar refractivity (Wildman–Crippen MR) is 62.5 cm³/mol. The van der Waals surface area contributed by atoms with Crippen molar-refractivity contribution < 1.29 is 4.21 Å². The normalized spacial score (nSPS) is 18.8. The summed E-state index contributed by atoms with van der Waals surface area (Å²) in [4.78, 5) is 2.17. The summed E-state index contributed by atoms with van der Waals surface area (Å²) in [5.41, 5.74) is 2.01. The Labute approximate surface area is 88.4 Å². The van der Waals surface area contributed by atoms with Gasteiger partial charge in [-0.3, -0.25) is 4.21 Å².